The van der Waals surface area contributed by atoms with Crippen molar-refractivity contribution in [3.05, 3.63) is 121 Å². The number of nitrogens with zero attached hydrogens (tertiary/aromatic N) is 4. The Bertz CT molecular complexity index is 1400. The average molecular weight is 440 g/mol. The van der Waals surface area contributed by atoms with Crippen molar-refractivity contribution >= 4 is 22.9 Å². The van der Waals surface area contributed by atoms with E-state index in [1.807, 2.05) is 66.7 Å². The first kappa shape index (κ1) is 20.9. The lowest BCUT2D eigenvalue weighted by molar-refractivity contribution is 1.27. The molecule has 0 radical (unpaired) electrons. The molecule has 2 N–H and O–H groups in total. The van der Waals surface area contributed by atoms with Crippen LogP contribution >= 0.6 is 0 Å². The Morgan fingerprint density at radius 1 is 0.676 bits per heavy atom. The first-order valence-corrected chi connectivity index (χ1v) is 10.9. The SMILES string of the molecule is N#Cc1c(-c2ccc(N(c3ccccc3)c3ccccc3)cc2)cc(-c2ccncc2)nc1N. The third kappa shape index (κ3) is 4.08. The van der Waals surface area contributed by atoms with Crippen molar-refractivity contribution in [3.8, 4) is 28.5 Å². The summed E-state index contributed by atoms with van der Waals surface area (Å²) in [6.07, 6.45) is 3.42. The van der Waals surface area contributed by atoms with Crippen LogP contribution in [-0.2, 0) is 0 Å². The van der Waals surface area contributed by atoms with Crippen molar-refractivity contribution in [2.75, 3.05) is 10.6 Å². The van der Waals surface area contributed by atoms with Crippen LogP contribution in [0.2, 0.25) is 0 Å². The summed E-state index contributed by atoms with van der Waals surface area (Å²) >= 11 is 0. The summed E-state index contributed by atoms with van der Waals surface area (Å²) in [5.74, 6) is 0.214. The maximum Gasteiger partial charge on any atom is 0.142 e. The molecule has 0 aliphatic carbocycles. The van der Waals surface area contributed by atoms with Crippen molar-refractivity contribution in [2.24, 2.45) is 0 Å². The second kappa shape index (κ2) is 9.27. The molecule has 0 saturated carbocycles. The molecule has 0 amide bonds. The highest BCUT2D eigenvalue weighted by Crippen LogP contribution is 2.36. The molecule has 5 rings (SSSR count). The third-order valence-corrected chi connectivity index (χ3v) is 5.60. The number of hydrogen-bond donors (Lipinski definition) is 1. The minimum absolute atomic E-state index is 0.214. The van der Waals surface area contributed by atoms with Crippen LogP contribution in [0.4, 0.5) is 22.9 Å². The molecule has 2 heterocycles. The van der Waals surface area contributed by atoms with Gasteiger partial charge in [-0.15, -0.1) is 0 Å². The van der Waals surface area contributed by atoms with Gasteiger partial charge in [0.1, 0.15) is 17.5 Å². The number of nitrogens with two attached hydrogens (primary N) is 1. The predicted molar refractivity (Wildman–Crippen MR) is 137 cm³/mol. The normalized spacial score (nSPS) is 10.4. The van der Waals surface area contributed by atoms with E-state index in [0.29, 0.717) is 11.3 Å². The van der Waals surface area contributed by atoms with Gasteiger partial charge in [-0.05, 0) is 60.2 Å². The van der Waals surface area contributed by atoms with E-state index in [4.69, 9.17) is 5.73 Å². The van der Waals surface area contributed by atoms with Crippen molar-refractivity contribution in [1.29, 1.82) is 5.26 Å². The van der Waals surface area contributed by atoms with Crippen LogP contribution in [0.5, 0.6) is 0 Å². The number of rotatable bonds is 5. The second-order valence-electron chi connectivity index (χ2n) is 7.72. The number of anilines is 4. The minimum atomic E-state index is 0.214. The quantitative estimate of drug-likeness (QED) is 0.328. The molecule has 0 unspecified atom stereocenters. The number of aromatic nitrogens is 2. The molecule has 2 aromatic heterocycles. The summed E-state index contributed by atoms with van der Waals surface area (Å²) in [6.45, 7) is 0. The Morgan fingerprint density at radius 3 is 1.79 bits per heavy atom. The van der Waals surface area contributed by atoms with E-state index in [1.54, 1.807) is 12.4 Å². The lowest BCUT2D eigenvalue weighted by atomic mass is 9.98. The van der Waals surface area contributed by atoms with E-state index < -0.39 is 0 Å². The number of benzene rings is 3. The fourth-order valence-corrected chi connectivity index (χ4v) is 3.97. The number of para-hydroxylation sites is 2. The maximum atomic E-state index is 9.77. The third-order valence-electron chi connectivity index (χ3n) is 5.60. The largest absolute Gasteiger partial charge is 0.383 e. The molecular weight excluding hydrogens is 418 g/mol. The van der Waals surface area contributed by atoms with Crippen molar-refractivity contribution in [2.45, 2.75) is 0 Å². The molecule has 0 bridgehead atoms. The Balaban J connectivity index is 1.59. The van der Waals surface area contributed by atoms with Gasteiger partial charge in [0.25, 0.3) is 0 Å². The fraction of sp³-hybridized carbons (Fsp3) is 0. The topological polar surface area (TPSA) is 78.8 Å². The summed E-state index contributed by atoms with van der Waals surface area (Å²) < 4.78 is 0. The van der Waals surface area contributed by atoms with Gasteiger partial charge >= 0.3 is 0 Å². The lowest BCUT2D eigenvalue weighted by Crippen LogP contribution is -2.09. The molecular formula is C29H21N5. The fourth-order valence-electron chi connectivity index (χ4n) is 3.97. The summed E-state index contributed by atoms with van der Waals surface area (Å²) in [4.78, 5) is 10.7. The van der Waals surface area contributed by atoms with Crippen LogP contribution in [0.25, 0.3) is 22.4 Å². The Morgan fingerprint density at radius 2 is 1.24 bits per heavy atom. The summed E-state index contributed by atoms with van der Waals surface area (Å²) in [5.41, 5.74) is 12.9. The highest BCUT2D eigenvalue weighted by atomic mass is 15.1. The summed E-state index contributed by atoms with van der Waals surface area (Å²) in [5, 5.41) is 9.77. The predicted octanol–water partition coefficient (Wildman–Crippen LogP) is 6.73. The number of nitrogen functional groups attached to an aromatic ring is 1. The van der Waals surface area contributed by atoms with Crippen LogP contribution in [0.3, 0.4) is 0 Å². The smallest absolute Gasteiger partial charge is 0.142 e. The van der Waals surface area contributed by atoms with Crippen LogP contribution in [0.15, 0.2) is 116 Å². The number of pyridine rings is 2. The molecule has 0 atom stereocenters. The molecule has 5 heteroatoms. The van der Waals surface area contributed by atoms with E-state index >= 15 is 0 Å². The molecule has 5 nitrogen and oxygen atoms in total. The molecule has 0 aliphatic rings. The Labute approximate surface area is 198 Å². The Hall–Kier alpha value is -4.95. The standard InChI is InChI=1S/C29H21N5/c30-20-27-26(19-28(33-29(27)31)22-15-17-32-18-16-22)21-11-13-25(14-12-21)34(23-7-3-1-4-8-23)24-9-5-2-6-10-24/h1-19H,(H2,31,33). The zero-order valence-corrected chi connectivity index (χ0v) is 18.3. The van der Waals surface area contributed by atoms with E-state index in [-0.39, 0.29) is 5.82 Å². The van der Waals surface area contributed by atoms with Gasteiger partial charge in [-0.1, -0.05) is 48.5 Å². The van der Waals surface area contributed by atoms with Gasteiger partial charge in [0, 0.05) is 40.6 Å². The average Bonchev–Trinajstić information content (AvgIpc) is 2.90. The van der Waals surface area contributed by atoms with Crippen molar-refractivity contribution < 1.29 is 0 Å². The maximum absolute atomic E-state index is 9.77. The van der Waals surface area contributed by atoms with E-state index in [1.165, 1.54) is 0 Å². The first-order valence-electron chi connectivity index (χ1n) is 10.9. The minimum Gasteiger partial charge on any atom is -0.383 e. The van der Waals surface area contributed by atoms with Crippen LogP contribution in [0.1, 0.15) is 5.56 Å². The van der Waals surface area contributed by atoms with Gasteiger partial charge in [0.05, 0.1) is 5.69 Å². The molecule has 0 fully saturated rings. The van der Waals surface area contributed by atoms with E-state index in [0.717, 1.165) is 33.8 Å². The zero-order valence-electron chi connectivity index (χ0n) is 18.3. The highest BCUT2D eigenvalue weighted by Gasteiger charge is 2.15. The number of nitriles is 1. The van der Waals surface area contributed by atoms with E-state index in [9.17, 15) is 5.26 Å². The molecule has 3 aromatic carbocycles. The molecule has 0 spiro atoms. The van der Waals surface area contributed by atoms with Crippen LogP contribution in [0, 0.1) is 11.3 Å². The van der Waals surface area contributed by atoms with Crippen LogP contribution in [-0.4, -0.2) is 9.97 Å². The van der Waals surface area contributed by atoms with Gasteiger partial charge in [0.2, 0.25) is 0 Å². The lowest BCUT2D eigenvalue weighted by Gasteiger charge is -2.25. The van der Waals surface area contributed by atoms with Crippen LogP contribution < -0.4 is 10.6 Å². The van der Waals surface area contributed by atoms with Gasteiger partial charge < -0.3 is 10.6 Å². The Kier molecular flexibility index (Phi) is 5.71. The van der Waals surface area contributed by atoms with Gasteiger partial charge in [-0.3, -0.25) is 4.98 Å². The zero-order chi connectivity index (χ0) is 23.3. The van der Waals surface area contributed by atoms with Gasteiger partial charge in [0.15, 0.2) is 0 Å². The molecule has 34 heavy (non-hydrogen) atoms. The van der Waals surface area contributed by atoms with E-state index in [2.05, 4.69) is 57.3 Å². The monoisotopic (exact) mass is 439 g/mol. The van der Waals surface area contributed by atoms with Crippen molar-refractivity contribution in [3.63, 3.8) is 0 Å². The molecule has 0 saturated heterocycles. The number of hydrogen-bond acceptors (Lipinski definition) is 5. The first-order chi connectivity index (χ1) is 16.7. The summed E-state index contributed by atoms with van der Waals surface area (Å²) in [7, 11) is 0. The molecule has 162 valence electrons. The van der Waals surface area contributed by atoms with Gasteiger partial charge in [-0.2, -0.15) is 5.26 Å². The van der Waals surface area contributed by atoms with Gasteiger partial charge in [-0.25, -0.2) is 4.98 Å². The van der Waals surface area contributed by atoms with Crippen molar-refractivity contribution in [1.82, 2.24) is 9.97 Å². The molecule has 0 aliphatic heterocycles. The summed E-state index contributed by atoms with van der Waals surface area (Å²) in [6, 6.07) is 36.5. The second-order valence-corrected chi connectivity index (χ2v) is 7.72. The highest BCUT2D eigenvalue weighted by molar-refractivity contribution is 5.82. The molecule has 5 aromatic rings.